The molecule has 1 rings (SSSR count). The van der Waals surface area contributed by atoms with E-state index in [9.17, 15) is 5.11 Å². The lowest BCUT2D eigenvalue weighted by atomic mass is 10.1. The third-order valence-electron chi connectivity index (χ3n) is 3.04. The molecule has 114 valence electrons. The van der Waals surface area contributed by atoms with Crippen LogP contribution in [0.15, 0.2) is 24.3 Å². The van der Waals surface area contributed by atoms with E-state index in [1.807, 2.05) is 24.3 Å². The summed E-state index contributed by atoms with van der Waals surface area (Å²) in [5, 5.41) is 13.1. The van der Waals surface area contributed by atoms with Crippen molar-refractivity contribution in [3.05, 3.63) is 29.8 Å². The minimum Gasteiger partial charge on any atom is -0.497 e. The summed E-state index contributed by atoms with van der Waals surface area (Å²) in [6.45, 7) is 7.84. The van der Waals surface area contributed by atoms with Gasteiger partial charge in [0, 0.05) is 19.2 Å². The molecule has 1 aromatic carbocycles. The summed E-state index contributed by atoms with van der Waals surface area (Å²) in [6.07, 6.45) is -0.477. The van der Waals surface area contributed by atoms with Gasteiger partial charge in [0.25, 0.3) is 0 Å². The third-order valence-corrected chi connectivity index (χ3v) is 3.04. The summed E-state index contributed by atoms with van der Waals surface area (Å²) < 4.78 is 10.6. The van der Waals surface area contributed by atoms with Crippen LogP contribution in [0.3, 0.4) is 0 Å². The molecule has 2 N–H and O–H groups in total. The molecule has 0 aromatic heterocycles. The fraction of sp³-hybridized carbons (Fsp3) is 0.625. The molecule has 2 atom stereocenters. The minimum atomic E-state index is -0.477. The SMILES string of the molecule is COc1ccc([C@@H](C)NCC(O)COCC(C)C)cc1. The number of nitrogens with one attached hydrogen (secondary N) is 1. The molecule has 0 saturated heterocycles. The molecule has 1 aromatic rings. The van der Waals surface area contributed by atoms with E-state index in [0.29, 0.717) is 25.7 Å². The van der Waals surface area contributed by atoms with Crippen molar-refractivity contribution in [1.29, 1.82) is 0 Å². The van der Waals surface area contributed by atoms with Gasteiger partial charge in [0.2, 0.25) is 0 Å². The Labute approximate surface area is 122 Å². The van der Waals surface area contributed by atoms with Crippen LogP contribution in [-0.4, -0.2) is 38.1 Å². The molecule has 0 fully saturated rings. The third kappa shape index (κ3) is 6.37. The lowest BCUT2D eigenvalue weighted by Gasteiger charge is -2.18. The van der Waals surface area contributed by atoms with Crippen LogP contribution in [0.1, 0.15) is 32.4 Å². The normalized spacial score (nSPS) is 14.3. The molecule has 0 heterocycles. The van der Waals surface area contributed by atoms with E-state index in [-0.39, 0.29) is 6.04 Å². The Morgan fingerprint density at radius 3 is 2.30 bits per heavy atom. The molecule has 0 aliphatic carbocycles. The zero-order valence-corrected chi connectivity index (χ0v) is 12.9. The minimum absolute atomic E-state index is 0.181. The molecule has 0 aliphatic heterocycles. The topological polar surface area (TPSA) is 50.7 Å². The van der Waals surface area contributed by atoms with E-state index in [4.69, 9.17) is 9.47 Å². The Morgan fingerprint density at radius 2 is 1.75 bits per heavy atom. The van der Waals surface area contributed by atoms with Crippen molar-refractivity contribution >= 4 is 0 Å². The second kappa shape index (κ2) is 8.95. The number of benzene rings is 1. The Balaban J connectivity index is 2.29. The molecule has 4 nitrogen and oxygen atoms in total. The number of aliphatic hydroxyl groups excluding tert-OH is 1. The van der Waals surface area contributed by atoms with Gasteiger partial charge in [-0.05, 0) is 30.5 Å². The molecule has 20 heavy (non-hydrogen) atoms. The van der Waals surface area contributed by atoms with Gasteiger partial charge in [-0.3, -0.25) is 0 Å². The second-order valence-electron chi connectivity index (χ2n) is 5.49. The Bertz CT molecular complexity index is 364. The predicted molar refractivity (Wildman–Crippen MR) is 81.1 cm³/mol. The first kappa shape index (κ1) is 17.0. The lowest BCUT2D eigenvalue weighted by Crippen LogP contribution is -2.32. The summed E-state index contributed by atoms with van der Waals surface area (Å²) in [5.74, 6) is 1.34. The van der Waals surface area contributed by atoms with Crippen molar-refractivity contribution in [3.8, 4) is 5.75 Å². The highest BCUT2D eigenvalue weighted by molar-refractivity contribution is 5.28. The molecule has 0 amide bonds. The number of aliphatic hydroxyl groups is 1. The van der Waals surface area contributed by atoms with E-state index >= 15 is 0 Å². The van der Waals surface area contributed by atoms with Crippen LogP contribution in [0.25, 0.3) is 0 Å². The van der Waals surface area contributed by atoms with E-state index in [0.717, 1.165) is 5.75 Å². The Morgan fingerprint density at radius 1 is 1.10 bits per heavy atom. The first-order valence-electron chi connectivity index (χ1n) is 7.16. The van der Waals surface area contributed by atoms with Gasteiger partial charge in [-0.25, -0.2) is 0 Å². The number of methoxy groups -OCH3 is 1. The summed E-state index contributed by atoms with van der Waals surface area (Å²) in [4.78, 5) is 0. The number of hydrogen-bond donors (Lipinski definition) is 2. The monoisotopic (exact) mass is 281 g/mol. The maximum atomic E-state index is 9.83. The highest BCUT2D eigenvalue weighted by Crippen LogP contribution is 2.17. The van der Waals surface area contributed by atoms with Crippen LogP contribution in [0.5, 0.6) is 5.75 Å². The van der Waals surface area contributed by atoms with Gasteiger partial charge in [-0.2, -0.15) is 0 Å². The fourth-order valence-corrected chi connectivity index (χ4v) is 1.82. The van der Waals surface area contributed by atoms with E-state index in [1.165, 1.54) is 5.56 Å². The van der Waals surface area contributed by atoms with Crippen molar-refractivity contribution in [3.63, 3.8) is 0 Å². The maximum absolute atomic E-state index is 9.83. The number of rotatable bonds is 9. The van der Waals surface area contributed by atoms with Crippen LogP contribution in [0.2, 0.25) is 0 Å². The highest BCUT2D eigenvalue weighted by atomic mass is 16.5. The molecule has 4 heteroatoms. The second-order valence-corrected chi connectivity index (χ2v) is 5.49. The molecule has 0 bridgehead atoms. The van der Waals surface area contributed by atoms with Gasteiger partial charge in [0.15, 0.2) is 0 Å². The molecular formula is C16H27NO3. The molecule has 0 spiro atoms. The van der Waals surface area contributed by atoms with Crippen molar-refractivity contribution < 1.29 is 14.6 Å². The van der Waals surface area contributed by atoms with Crippen LogP contribution in [0, 0.1) is 5.92 Å². The molecule has 1 unspecified atom stereocenters. The van der Waals surface area contributed by atoms with Gasteiger partial charge >= 0.3 is 0 Å². The largest absolute Gasteiger partial charge is 0.497 e. The standard InChI is InChI=1S/C16H27NO3/c1-12(2)10-20-11-15(18)9-17-13(3)14-5-7-16(19-4)8-6-14/h5-8,12-13,15,17-18H,9-11H2,1-4H3/t13-,15?/m1/s1. The number of hydrogen-bond acceptors (Lipinski definition) is 4. The van der Waals surface area contributed by atoms with E-state index < -0.39 is 6.10 Å². The quantitative estimate of drug-likeness (QED) is 0.729. The average Bonchev–Trinajstić information content (AvgIpc) is 2.44. The highest BCUT2D eigenvalue weighted by Gasteiger charge is 2.09. The first-order chi connectivity index (χ1) is 9.52. The van der Waals surface area contributed by atoms with Crippen LogP contribution >= 0.6 is 0 Å². The van der Waals surface area contributed by atoms with Crippen molar-refractivity contribution in [2.75, 3.05) is 26.9 Å². The molecule has 0 aliphatic rings. The summed E-state index contributed by atoms with van der Waals surface area (Å²) in [6, 6.07) is 8.11. The van der Waals surface area contributed by atoms with Crippen molar-refractivity contribution in [2.24, 2.45) is 5.92 Å². The van der Waals surface area contributed by atoms with E-state index in [1.54, 1.807) is 7.11 Å². The average molecular weight is 281 g/mol. The predicted octanol–water partition coefficient (Wildman–Crippen LogP) is 2.38. The van der Waals surface area contributed by atoms with Crippen LogP contribution in [0.4, 0.5) is 0 Å². The molecule has 0 radical (unpaired) electrons. The van der Waals surface area contributed by atoms with Crippen LogP contribution < -0.4 is 10.1 Å². The summed E-state index contributed by atoms with van der Waals surface area (Å²) in [7, 11) is 1.66. The van der Waals surface area contributed by atoms with Crippen molar-refractivity contribution in [1.82, 2.24) is 5.32 Å². The van der Waals surface area contributed by atoms with Gasteiger partial charge in [0.05, 0.1) is 19.8 Å². The zero-order chi connectivity index (χ0) is 15.0. The fourth-order valence-electron chi connectivity index (χ4n) is 1.82. The zero-order valence-electron chi connectivity index (χ0n) is 12.9. The summed E-state index contributed by atoms with van der Waals surface area (Å²) >= 11 is 0. The lowest BCUT2D eigenvalue weighted by molar-refractivity contribution is 0.0252. The molecular weight excluding hydrogens is 254 g/mol. The molecule has 0 saturated carbocycles. The van der Waals surface area contributed by atoms with Crippen molar-refractivity contribution in [2.45, 2.75) is 32.9 Å². The van der Waals surface area contributed by atoms with Gasteiger partial charge in [0.1, 0.15) is 5.75 Å². The smallest absolute Gasteiger partial charge is 0.118 e. The maximum Gasteiger partial charge on any atom is 0.118 e. The Kier molecular flexibility index (Phi) is 7.59. The van der Waals surface area contributed by atoms with Gasteiger partial charge in [-0.15, -0.1) is 0 Å². The Hall–Kier alpha value is -1.10. The van der Waals surface area contributed by atoms with Gasteiger partial charge < -0.3 is 19.9 Å². The summed E-state index contributed by atoms with van der Waals surface area (Å²) in [5.41, 5.74) is 1.17. The number of ether oxygens (including phenoxy) is 2. The van der Waals surface area contributed by atoms with E-state index in [2.05, 4.69) is 26.1 Å². The van der Waals surface area contributed by atoms with Gasteiger partial charge in [-0.1, -0.05) is 26.0 Å². The van der Waals surface area contributed by atoms with Crippen LogP contribution in [-0.2, 0) is 4.74 Å². The first-order valence-corrected chi connectivity index (χ1v) is 7.16.